The molecular formula is C14H15ClN6. The fourth-order valence-electron chi connectivity index (χ4n) is 2.30. The van der Waals surface area contributed by atoms with Crippen LogP contribution in [0, 0.1) is 0 Å². The number of fused-ring (bicyclic) bond motifs is 1. The van der Waals surface area contributed by atoms with Crippen LogP contribution < -0.4 is 10.6 Å². The van der Waals surface area contributed by atoms with Crippen molar-refractivity contribution in [3.8, 4) is 0 Å². The molecule has 1 aromatic carbocycles. The quantitative estimate of drug-likeness (QED) is 0.751. The number of benzene rings is 1. The summed E-state index contributed by atoms with van der Waals surface area (Å²) in [4.78, 5) is 10.6. The van der Waals surface area contributed by atoms with Gasteiger partial charge in [-0.05, 0) is 23.8 Å². The van der Waals surface area contributed by atoms with Crippen LogP contribution >= 0.6 is 11.6 Å². The van der Waals surface area contributed by atoms with Crippen LogP contribution in [0.3, 0.4) is 0 Å². The molecule has 6 nitrogen and oxygen atoms in total. The average molecular weight is 303 g/mol. The van der Waals surface area contributed by atoms with Gasteiger partial charge < -0.3 is 10.6 Å². The highest BCUT2D eigenvalue weighted by Gasteiger charge is 2.13. The molecule has 0 saturated carbocycles. The molecule has 0 radical (unpaired) electrons. The molecule has 3 aromatic rings. The first-order valence-electron chi connectivity index (χ1n) is 6.44. The van der Waals surface area contributed by atoms with Crippen molar-refractivity contribution >= 4 is 34.1 Å². The van der Waals surface area contributed by atoms with E-state index < -0.39 is 0 Å². The maximum Gasteiger partial charge on any atom is 0.163 e. The van der Waals surface area contributed by atoms with E-state index in [-0.39, 0.29) is 0 Å². The summed E-state index contributed by atoms with van der Waals surface area (Å²) in [6.45, 7) is 0.602. The number of hydrogen-bond donors (Lipinski definition) is 1. The standard InChI is InChI=1S/C14H15ClN6/c1-20(7-9-5-10(16)3-4-12(9)15)13-11-6-19-21(2)14(11)18-8-17-13/h3-6,8H,7,16H2,1-2H3. The van der Waals surface area contributed by atoms with E-state index in [2.05, 4.69) is 15.1 Å². The van der Waals surface area contributed by atoms with E-state index in [0.29, 0.717) is 17.3 Å². The highest BCUT2D eigenvalue weighted by atomic mass is 35.5. The summed E-state index contributed by atoms with van der Waals surface area (Å²) in [6, 6.07) is 5.47. The van der Waals surface area contributed by atoms with Gasteiger partial charge in [0, 0.05) is 31.4 Å². The third kappa shape index (κ3) is 2.50. The number of nitrogens with two attached hydrogens (primary N) is 1. The van der Waals surface area contributed by atoms with E-state index in [9.17, 15) is 0 Å². The second-order valence-electron chi connectivity index (χ2n) is 4.91. The number of nitrogens with zero attached hydrogens (tertiary/aromatic N) is 5. The van der Waals surface area contributed by atoms with Crippen LogP contribution in [-0.2, 0) is 13.6 Å². The Labute approximate surface area is 127 Å². The molecule has 0 atom stereocenters. The molecule has 2 heterocycles. The van der Waals surface area contributed by atoms with Gasteiger partial charge in [0.1, 0.15) is 12.1 Å². The zero-order valence-electron chi connectivity index (χ0n) is 11.8. The van der Waals surface area contributed by atoms with Gasteiger partial charge in [-0.2, -0.15) is 5.10 Å². The summed E-state index contributed by atoms with van der Waals surface area (Å²) < 4.78 is 1.72. The smallest absolute Gasteiger partial charge is 0.163 e. The van der Waals surface area contributed by atoms with Gasteiger partial charge in [-0.3, -0.25) is 4.68 Å². The molecule has 2 N–H and O–H groups in total. The lowest BCUT2D eigenvalue weighted by molar-refractivity contribution is 0.785. The predicted octanol–water partition coefficient (Wildman–Crippen LogP) is 2.24. The lowest BCUT2D eigenvalue weighted by Gasteiger charge is -2.19. The first-order valence-corrected chi connectivity index (χ1v) is 6.82. The van der Waals surface area contributed by atoms with Crippen molar-refractivity contribution in [1.29, 1.82) is 0 Å². The molecule has 7 heteroatoms. The zero-order chi connectivity index (χ0) is 15.0. The lowest BCUT2D eigenvalue weighted by Crippen LogP contribution is -2.18. The van der Waals surface area contributed by atoms with E-state index in [4.69, 9.17) is 17.3 Å². The summed E-state index contributed by atoms with van der Waals surface area (Å²) in [7, 11) is 3.81. The minimum absolute atomic E-state index is 0.602. The van der Waals surface area contributed by atoms with Gasteiger partial charge in [0.25, 0.3) is 0 Å². The van der Waals surface area contributed by atoms with Crippen molar-refractivity contribution in [1.82, 2.24) is 19.7 Å². The lowest BCUT2D eigenvalue weighted by atomic mass is 10.2. The summed E-state index contributed by atoms with van der Waals surface area (Å²) in [5.41, 5.74) is 8.26. The van der Waals surface area contributed by atoms with Gasteiger partial charge in [-0.25, -0.2) is 9.97 Å². The third-order valence-corrected chi connectivity index (χ3v) is 3.72. The SMILES string of the molecule is CN(Cc1cc(N)ccc1Cl)c1ncnc2c1cnn2C. The maximum atomic E-state index is 6.22. The third-order valence-electron chi connectivity index (χ3n) is 3.35. The Hall–Kier alpha value is -2.34. The van der Waals surface area contributed by atoms with E-state index in [1.807, 2.05) is 25.1 Å². The Kier molecular flexibility index (Phi) is 3.39. The predicted molar refractivity (Wildman–Crippen MR) is 84.3 cm³/mol. The van der Waals surface area contributed by atoms with Crippen LogP contribution in [0.15, 0.2) is 30.7 Å². The normalized spacial score (nSPS) is 11.0. The number of nitrogen functional groups attached to an aromatic ring is 1. The van der Waals surface area contributed by atoms with Crippen molar-refractivity contribution in [3.63, 3.8) is 0 Å². The topological polar surface area (TPSA) is 72.9 Å². The van der Waals surface area contributed by atoms with E-state index in [1.165, 1.54) is 6.33 Å². The average Bonchev–Trinajstić information content (AvgIpc) is 2.84. The Balaban J connectivity index is 1.97. The molecule has 3 rings (SSSR count). The summed E-state index contributed by atoms with van der Waals surface area (Å²) in [6.07, 6.45) is 3.30. The van der Waals surface area contributed by atoms with Gasteiger partial charge in [0.2, 0.25) is 0 Å². The van der Waals surface area contributed by atoms with Crippen LogP contribution in [0.5, 0.6) is 0 Å². The second-order valence-corrected chi connectivity index (χ2v) is 5.32. The first-order chi connectivity index (χ1) is 10.1. The first kappa shape index (κ1) is 13.6. The molecule has 0 saturated heterocycles. The molecule has 108 valence electrons. The second kappa shape index (κ2) is 5.21. The zero-order valence-corrected chi connectivity index (χ0v) is 12.5. The Bertz CT molecular complexity index is 797. The van der Waals surface area contributed by atoms with Crippen LogP contribution in [0.1, 0.15) is 5.56 Å². The summed E-state index contributed by atoms with van der Waals surface area (Å²) in [5, 5.41) is 5.81. The fourth-order valence-corrected chi connectivity index (χ4v) is 2.48. The molecule has 21 heavy (non-hydrogen) atoms. The Morgan fingerprint density at radius 3 is 2.95 bits per heavy atom. The minimum Gasteiger partial charge on any atom is -0.399 e. The monoisotopic (exact) mass is 302 g/mol. The van der Waals surface area contributed by atoms with Gasteiger partial charge in [0.05, 0.1) is 11.6 Å². The summed E-state index contributed by atoms with van der Waals surface area (Å²) in [5.74, 6) is 0.812. The minimum atomic E-state index is 0.602. The maximum absolute atomic E-state index is 6.22. The van der Waals surface area contributed by atoms with Crippen LogP contribution in [-0.4, -0.2) is 26.8 Å². The number of rotatable bonds is 3. The van der Waals surface area contributed by atoms with E-state index in [0.717, 1.165) is 22.4 Å². The van der Waals surface area contributed by atoms with Gasteiger partial charge in [-0.1, -0.05) is 11.6 Å². The van der Waals surface area contributed by atoms with Crippen molar-refractivity contribution < 1.29 is 0 Å². The number of aryl methyl sites for hydroxylation is 1. The van der Waals surface area contributed by atoms with Crippen molar-refractivity contribution in [2.24, 2.45) is 7.05 Å². The van der Waals surface area contributed by atoms with Crippen LogP contribution in [0.4, 0.5) is 11.5 Å². The number of halogens is 1. The highest BCUT2D eigenvalue weighted by molar-refractivity contribution is 6.31. The molecule has 0 spiro atoms. The number of hydrogen-bond acceptors (Lipinski definition) is 5. The highest BCUT2D eigenvalue weighted by Crippen LogP contribution is 2.25. The molecule has 2 aromatic heterocycles. The van der Waals surface area contributed by atoms with Gasteiger partial charge >= 0.3 is 0 Å². The number of anilines is 2. The molecule has 0 fully saturated rings. The molecular weight excluding hydrogens is 288 g/mol. The largest absolute Gasteiger partial charge is 0.399 e. The molecule has 0 bridgehead atoms. The Morgan fingerprint density at radius 1 is 1.33 bits per heavy atom. The molecule has 0 aliphatic rings. The van der Waals surface area contributed by atoms with Gasteiger partial charge in [-0.15, -0.1) is 0 Å². The fraction of sp³-hybridized carbons (Fsp3) is 0.214. The summed E-state index contributed by atoms with van der Waals surface area (Å²) >= 11 is 6.22. The van der Waals surface area contributed by atoms with E-state index in [1.54, 1.807) is 23.0 Å². The van der Waals surface area contributed by atoms with Gasteiger partial charge in [0.15, 0.2) is 5.65 Å². The van der Waals surface area contributed by atoms with Crippen molar-refractivity contribution in [2.45, 2.75) is 6.54 Å². The van der Waals surface area contributed by atoms with Crippen LogP contribution in [0.25, 0.3) is 11.0 Å². The van der Waals surface area contributed by atoms with Crippen molar-refractivity contribution in [2.75, 3.05) is 17.7 Å². The molecule has 0 unspecified atom stereocenters. The number of aromatic nitrogens is 4. The molecule has 0 aliphatic heterocycles. The molecule has 0 aliphatic carbocycles. The van der Waals surface area contributed by atoms with Crippen molar-refractivity contribution in [3.05, 3.63) is 41.3 Å². The van der Waals surface area contributed by atoms with Crippen LogP contribution in [0.2, 0.25) is 5.02 Å². The Morgan fingerprint density at radius 2 is 2.14 bits per heavy atom. The van der Waals surface area contributed by atoms with E-state index >= 15 is 0 Å². The molecule has 0 amide bonds.